The summed E-state index contributed by atoms with van der Waals surface area (Å²) in [5, 5.41) is 18.8. The minimum atomic E-state index is -4.62. The van der Waals surface area contributed by atoms with Gasteiger partial charge >= 0.3 is 37.4 Å². The van der Waals surface area contributed by atoms with Crippen LogP contribution in [0.3, 0.4) is 0 Å². The average Bonchev–Trinajstić information content (AvgIpc) is 3.51. The number of rotatable bonds is 12. The second-order valence-electron chi connectivity index (χ2n) is 16.0. The summed E-state index contributed by atoms with van der Waals surface area (Å²) < 4.78 is 28.5. The molecule has 1 aliphatic heterocycles. The van der Waals surface area contributed by atoms with E-state index in [1.807, 2.05) is 0 Å². The number of esters is 1. The molecule has 5 rings (SSSR count). The van der Waals surface area contributed by atoms with E-state index in [1.165, 1.54) is 51.4 Å². The summed E-state index contributed by atoms with van der Waals surface area (Å²) in [4.78, 5) is 22.6. The summed E-state index contributed by atoms with van der Waals surface area (Å²) in [5.41, 5.74) is 0.656. The molecule has 13 atom stereocenters. The minimum Gasteiger partial charge on any atom is -0.870 e. The van der Waals surface area contributed by atoms with Gasteiger partial charge in [0.1, 0.15) is 0 Å². The largest absolute Gasteiger partial charge is 1.00 e. The number of carbonyl (C=O) groups excluding carboxylic acids is 1. The molecule has 0 aromatic carbocycles. The molecule has 0 aromatic heterocycles. The van der Waals surface area contributed by atoms with E-state index in [0.29, 0.717) is 30.1 Å². The van der Waals surface area contributed by atoms with Crippen LogP contribution in [0.2, 0.25) is 0 Å². The second kappa shape index (κ2) is 15.9. The van der Waals surface area contributed by atoms with Gasteiger partial charge in [0, 0.05) is 5.76 Å². The minimum absolute atomic E-state index is 0. The van der Waals surface area contributed by atoms with E-state index in [2.05, 4.69) is 47.6 Å². The topological polar surface area (TPSA) is 153 Å². The molecule has 0 bridgehead atoms. The molecule has 0 aromatic rings. The van der Waals surface area contributed by atoms with Crippen LogP contribution in [0.5, 0.6) is 0 Å². The molecular weight excluding hydrogens is 618 g/mol. The Kier molecular flexibility index (Phi) is 14.0. The first-order chi connectivity index (χ1) is 20.7. The van der Waals surface area contributed by atoms with Crippen LogP contribution >= 0.6 is 7.82 Å². The van der Waals surface area contributed by atoms with Crippen molar-refractivity contribution in [1.29, 1.82) is 0 Å². The van der Waals surface area contributed by atoms with E-state index < -0.39 is 44.5 Å². The predicted octanol–water partition coefficient (Wildman–Crippen LogP) is 4.04. The van der Waals surface area contributed by atoms with Crippen LogP contribution in [-0.2, 0) is 23.1 Å². The second-order valence-corrected chi connectivity index (χ2v) is 17.3. The number of hydrogen-bond donors (Lipinski definition) is 3. The number of fused-ring (bicyclic) bond motifs is 5. The molecule has 0 radical (unpaired) electrons. The van der Waals surface area contributed by atoms with Crippen LogP contribution in [-0.4, -0.2) is 51.5 Å². The predicted molar refractivity (Wildman–Crippen MR) is 170 cm³/mol. The van der Waals surface area contributed by atoms with Crippen LogP contribution in [0.1, 0.15) is 119 Å². The van der Waals surface area contributed by atoms with E-state index in [4.69, 9.17) is 18.9 Å². The molecule has 11 heteroatoms. The normalized spacial score (nSPS) is 40.1. The van der Waals surface area contributed by atoms with Crippen LogP contribution in [0, 0.1) is 64.2 Å². The number of hydrogen-bond acceptors (Lipinski definition) is 8. The van der Waals surface area contributed by atoms with Gasteiger partial charge in [-0.3, -0.25) is 9.42 Å². The summed E-state index contributed by atoms with van der Waals surface area (Å²) in [6.45, 7) is 14.1. The molecule has 5 aliphatic rings. The molecule has 4 fully saturated rings. The maximum atomic E-state index is 12.9. The van der Waals surface area contributed by atoms with Gasteiger partial charge in [0.05, 0.1) is 24.9 Å². The fraction of sp³-hybridized carbons (Fsp3) is 0.914. The fourth-order valence-electron chi connectivity index (χ4n) is 11.0. The number of cyclic esters (lactones) is 1. The zero-order chi connectivity index (χ0) is 32.0. The van der Waals surface area contributed by atoms with Gasteiger partial charge in [0.25, 0.3) is 0 Å². The summed E-state index contributed by atoms with van der Waals surface area (Å²) >= 11 is 0. The maximum absolute atomic E-state index is 12.9. The Bertz CT molecular complexity index is 1120. The summed E-state index contributed by atoms with van der Waals surface area (Å²) in [6, 6.07) is 0. The first-order valence-corrected chi connectivity index (χ1v) is 19.1. The molecule has 1 heterocycles. The van der Waals surface area contributed by atoms with Gasteiger partial charge in [0.2, 0.25) is 5.97 Å². The van der Waals surface area contributed by atoms with E-state index in [1.54, 1.807) is 0 Å². The van der Waals surface area contributed by atoms with Gasteiger partial charge < -0.3 is 29.7 Å². The molecular formula is C35H59NaO9P-. The quantitative estimate of drug-likeness (QED) is 0.120. The molecule has 0 amide bonds. The van der Waals surface area contributed by atoms with E-state index in [-0.39, 0.29) is 40.4 Å². The van der Waals surface area contributed by atoms with Crippen molar-refractivity contribution in [2.24, 2.45) is 58.2 Å². The summed E-state index contributed by atoms with van der Waals surface area (Å²) in [7, 11) is -4.62. The van der Waals surface area contributed by atoms with Crippen molar-refractivity contribution in [2.45, 2.75) is 137 Å². The molecule has 4 saturated carbocycles. The SMILES string of the molecule is CCC(CCC(C)C1CCC2C3CCC4CC(OP(=O)(O)OC5=[C-]C(C(O)CO)OC5=O)CCC4(C)C3CCC12C)C(C)C.[Na+].[OH-]. The third kappa shape index (κ3) is 7.99. The molecule has 9 nitrogen and oxygen atoms in total. The first kappa shape index (κ1) is 40.5. The Morgan fingerprint density at radius 3 is 2.35 bits per heavy atom. The standard InChI is InChI=1S/C35H58O8P.Na.H2O/c1-7-23(21(2)3)9-8-22(4)27-12-13-28-26-11-10-24-18-25(14-16-34(24,5)29(26)15-17-35(27,28)6)42-44(39,40)43-32-19-31(30(37)20-36)41-33(32)38;;/h21-31,36-37H,7-18,20H2,1-6H3,(H,39,40);;1H2/q-1;+1;/p-1. The fourth-order valence-corrected chi connectivity index (χ4v) is 12.0. The van der Waals surface area contributed by atoms with Crippen LogP contribution in [0.15, 0.2) is 5.76 Å². The number of phosphoric ester groups is 1. The Morgan fingerprint density at radius 2 is 1.70 bits per heavy atom. The zero-order valence-electron chi connectivity index (χ0n) is 29.3. The van der Waals surface area contributed by atoms with Crippen molar-refractivity contribution in [3.05, 3.63) is 11.8 Å². The molecule has 46 heavy (non-hydrogen) atoms. The number of aliphatic hydroxyl groups excluding tert-OH is 2. The molecule has 0 spiro atoms. The Labute approximate surface area is 299 Å². The molecule has 260 valence electrons. The Balaban J connectivity index is 0.00000288. The van der Waals surface area contributed by atoms with Gasteiger partial charge in [0.15, 0.2) is 0 Å². The van der Waals surface area contributed by atoms with Crippen molar-refractivity contribution in [2.75, 3.05) is 6.61 Å². The van der Waals surface area contributed by atoms with Gasteiger partial charge in [-0.1, -0.05) is 54.4 Å². The first-order valence-electron chi connectivity index (χ1n) is 17.6. The van der Waals surface area contributed by atoms with Crippen molar-refractivity contribution >= 4 is 13.8 Å². The van der Waals surface area contributed by atoms with Gasteiger partial charge in [-0.15, -0.1) is 0 Å². The summed E-state index contributed by atoms with van der Waals surface area (Å²) in [6.07, 6.45) is 13.4. The zero-order valence-corrected chi connectivity index (χ0v) is 32.2. The van der Waals surface area contributed by atoms with Crippen LogP contribution in [0.4, 0.5) is 0 Å². The third-order valence-electron chi connectivity index (χ3n) is 13.6. The molecule has 4 N–H and O–H groups in total. The van der Waals surface area contributed by atoms with Crippen LogP contribution in [0.25, 0.3) is 0 Å². The average molecular weight is 678 g/mol. The number of phosphoric acid groups is 1. The smallest absolute Gasteiger partial charge is 0.870 e. The number of ether oxygens (including phenoxy) is 1. The van der Waals surface area contributed by atoms with E-state index in [9.17, 15) is 19.4 Å². The maximum Gasteiger partial charge on any atom is 1.00 e. The van der Waals surface area contributed by atoms with Crippen LogP contribution < -0.4 is 29.6 Å². The third-order valence-corrected chi connectivity index (χ3v) is 14.5. The van der Waals surface area contributed by atoms with Gasteiger partial charge in [-0.05, 0) is 122 Å². The van der Waals surface area contributed by atoms with E-state index >= 15 is 0 Å². The molecule has 13 unspecified atom stereocenters. The van der Waals surface area contributed by atoms with Crippen molar-refractivity contribution in [3.63, 3.8) is 0 Å². The molecule has 0 saturated heterocycles. The van der Waals surface area contributed by atoms with Crippen molar-refractivity contribution in [1.82, 2.24) is 0 Å². The van der Waals surface area contributed by atoms with Gasteiger partial charge in [-0.2, -0.15) is 6.08 Å². The Hall–Kier alpha value is 0.0400. The van der Waals surface area contributed by atoms with Crippen molar-refractivity contribution < 1.29 is 73.3 Å². The molecule has 4 aliphatic carbocycles. The monoisotopic (exact) mass is 677 g/mol. The summed E-state index contributed by atoms with van der Waals surface area (Å²) in [5.74, 6) is 4.33. The van der Waals surface area contributed by atoms with E-state index in [0.717, 1.165) is 48.3 Å². The number of aliphatic hydroxyl groups is 2. The number of carbonyl (C=O) groups is 1. The van der Waals surface area contributed by atoms with Gasteiger partial charge in [-0.25, -0.2) is 4.57 Å². The Morgan fingerprint density at radius 1 is 1.02 bits per heavy atom. The van der Waals surface area contributed by atoms with Crippen molar-refractivity contribution in [3.8, 4) is 0 Å².